The largest absolute Gasteiger partial charge is 0.507 e. The Morgan fingerprint density at radius 1 is 1.24 bits per heavy atom. The molecule has 160 valence electrons. The molecule has 4 nitrogen and oxygen atoms in total. The summed E-state index contributed by atoms with van der Waals surface area (Å²) >= 11 is 0. The lowest BCUT2D eigenvalue weighted by atomic mass is 9.72. The minimum absolute atomic E-state index is 0.116. The van der Waals surface area contributed by atoms with Crippen molar-refractivity contribution in [2.24, 2.45) is 5.92 Å². The second-order valence-corrected chi connectivity index (χ2v) is 9.04. The van der Waals surface area contributed by atoms with Crippen molar-refractivity contribution >= 4 is 5.97 Å². The van der Waals surface area contributed by atoms with Gasteiger partial charge in [-0.25, -0.2) is 0 Å². The highest BCUT2D eigenvalue weighted by Gasteiger charge is 2.32. The smallest absolute Gasteiger partial charge is 0.302 e. The number of phenols is 2. The van der Waals surface area contributed by atoms with E-state index >= 15 is 0 Å². The van der Waals surface area contributed by atoms with Gasteiger partial charge in [-0.1, -0.05) is 51.8 Å². The highest BCUT2D eigenvalue weighted by atomic mass is 16.5. The fourth-order valence-electron chi connectivity index (χ4n) is 4.24. The van der Waals surface area contributed by atoms with Crippen molar-refractivity contribution in [1.29, 1.82) is 0 Å². The summed E-state index contributed by atoms with van der Waals surface area (Å²) in [5.41, 5.74) is 3.38. The van der Waals surface area contributed by atoms with Gasteiger partial charge >= 0.3 is 5.97 Å². The molecular formula is C25H36O4. The molecule has 0 amide bonds. The molecule has 0 fully saturated rings. The van der Waals surface area contributed by atoms with Gasteiger partial charge in [0.2, 0.25) is 0 Å². The van der Waals surface area contributed by atoms with E-state index in [1.807, 2.05) is 13.0 Å². The van der Waals surface area contributed by atoms with Crippen molar-refractivity contribution in [3.63, 3.8) is 0 Å². The Hall–Kier alpha value is -2.23. The number of carbonyl (C=O) groups excluding carboxylic acids is 1. The van der Waals surface area contributed by atoms with Crippen LogP contribution in [0.2, 0.25) is 0 Å². The zero-order chi connectivity index (χ0) is 21.8. The van der Waals surface area contributed by atoms with E-state index in [-0.39, 0.29) is 41.3 Å². The standard InChI is InChI=1S/C25H36O4/c1-7-8-11-25(5,6)19-13-22(27)24(23(28)14-19)21-12-18(15-29-17(4)26)9-10-20(21)16(2)3/h12-14,20-21,27-28H,2,7-11,15H2,1,3-6H3/t20-,21+/m1/s1. The summed E-state index contributed by atoms with van der Waals surface area (Å²) in [4.78, 5) is 11.2. The number of ether oxygens (including phenoxy) is 1. The van der Waals surface area contributed by atoms with Gasteiger partial charge in [-0.2, -0.15) is 0 Å². The zero-order valence-corrected chi connectivity index (χ0v) is 18.5. The minimum Gasteiger partial charge on any atom is -0.507 e. The lowest BCUT2D eigenvalue weighted by Crippen LogP contribution is -2.21. The molecule has 0 aromatic heterocycles. The van der Waals surface area contributed by atoms with Crippen LogP contribution in [0, 0.1) is 5.92 Å². The number of benzene rings is 1. The molecular weight excluding hydrogens is 364 g/mol. The first kappa shape index (κ1) is 23.1. The van der Waals surface area contributed by atoms with Crippen LogP contribution in [-0.2, 0) is 14.9 Å². The number of allylic oxidation sites excluding steroid dienone is 2. The SMILES string of the molecule is C=C(C)[C@H]1CCC(COC(C)=O)=C[C@@H]1c1c(O)cc(C(C)(C)CCCC)cc1O. The third-order valence-corrected chi connectivity index (χ3v) is 6.13. The van der Waals surface area contributed by atoms with Crippen LogP contribution in [0.25, 0.3) is 0 Å². The van der Waals surface area contributed by atoms with Crippen LogP contribution in [0.5, 0.6) is 11.5 Å². The van der Waals surface area contributed by atoms with Crippen molar-refractivity contribution in [2.45, 2.75) is 78.1 Å². The molecule has 0 bridgehead atoms. The summed E-state index contributed by atoms with van der Waals surface area (Å²) in [5.74, 6) is -0.156. The molecule has 0 radical (unpaired) electrons. The van der Waals surface area contributed by atoms with Crippen LogP contribution in [0.1, 0.15) is 83.8 Å². The Labute approximate surface area is 175 Å². The van der Waals surface area contributed by atoms with Crippen LogP contribution in [0.15, 0.2) is 35.9 Å². The van der Waals surface area contributed by atoms with Gasteiger partial charge in [0, 0.05) is 18.4 Å². The molecule has 1 aliphatic rings. The van der Waals surface area contributed by atoms with Gasteiger partial charge in [0.1, 0.15) is 18.1 Å². The second kappa shape index (κ2) is 9.51. The molecule has 0 aliphatic heterocycles. The fraction of sp³-hybridized carbons (Fsp3) is 0.560. The molecule has 2 atom stereocenters. The number of rotatable bonds is 8. The first-order valence-electron chi connectivity index (χ1n) is 10.6. The average molecular weight is 401 g/mol. The Morgan fingerprint density at radius 2 is 1.86 bits per heavy atom. The van der Waals surface area contributed by atoms with E-state index in [1.165, 1.54) is 6.92 Å². The first-order valence-corrected chi connectivity index (χ1v) is 10.6. The molecule has 2 N–H and O–H groups in total. The molecule has 0 unspecified atom stereocenters. The Morgan fingerprint density at radius 3 is 2.38 bits per heavy atom. The van der Waals surface area contributed by atoms with Crippen LogP contribution >= 0.6 is 0 Å². The number of phenolic OH excluding ortho intramolecular Hbond substituents is 2. The van der Waals surface area contributed by atoms with E-state index in [1.54, 1.807) is 12.1 Å². The molecule has 1 aromatic rings. The lowest BCUT2D eigenvalue weighted by molar-refractivity contribution is -0.140. The average Bonchev–Trinajstić information content (AvgIpc) is 2.64. The van der Waals surface area contributed by atoms with Gasteiger partial charge in [0.25, 0.3) is 0 Å². The molecule has 2 rings (SSSR count). The van der Waals surface area contributed by atoms with Crippen molar-refractivity contribution in [3.8, 4) is 11.5 Å². The summed E-state index contributed by atoms with van der Waals surface area (Å²) in [7, 11) is 0. The van der Waals surface area contributed by atoms with E-state index in [9.17, 15) is 15.0 Å². The topological polar surface area (TPSA) is 66.8 Å². The number of carbonyl (C=O) groups is 1. The normalized spacial score (nSPS) is 19.6. The summed E-state index contributed by atoms with van der Waals surface area (Å²) < 4.78 is 5.17. The van der Waals surface area contributed by atoms with Gasteiger partial charge in [0.15, 0.2) is 0 Å². The quantitative estimate of drug-likeness (QED) is 0.407. The van der Waals surface area contributed by atoms with Gasteiger partial charge in [0.05, 0.1) is 0 Å². The summed E-state index contributed by atoms with van der Waals surface area (Å²) in [5, 5.41) is 21.8. The number of unbranched alkanes of at least 4 members (excludes halogenated alkanes) is 1. The highest BCUT2D eigenvalue weighted by Crippen LogP contribution is 2.47. The van der Waals surface area contributed by atoms with Crippen LogP contribution < -0.4 is 0 Å². The van der Waals surface area contributed by atoms with E-state index in [2.05, 4.69) is 27.4 Å². The number of hydrogen-bond acceptors (Lipinski definition) is 4. The molecule has 29 heavy (non-hydrogen) atoms. The van der Waals surface area contributed by atoms with E-state index in [4.69, 9.17) is 4.74 Å². The highest BCUT2D eigenvalue weighted by molar-refractivity contribution is 5.66. The predicted molar refractivity (Wildman–Crippen MR) is 117 cm³/mol. The fourth-order valence-corrected chi connectivity index (χ4v) is 4.24. The van der Waals surface area contributed by atoms with Gasteiger partial charge in [-0.15, -0.1) is 0 Å². The predicted octanol–water partition coefficient (Wildman–Crippen LogP) is 6.12. The maximum atomic E-state index is 11.2. The molecule has 0 saturated carbocycles. The maximum Gasteiger partial charge on any atom is 0.302 e. The summed E-state index contributed by atoms with van der Waals surface area (Å²) in [6, 6.07) is 3.60. The minimum atomic E-state index is -0.311. The maximum absolute atomic E-state index is 11.2. The van der Waals surface area contributed by atoms with Crippen molar-refractivity contribution in [1.82, 2.24) is 0 Å². The monoisotopic (exact) mass is 400 g/mol. The molecule has 1 aromatic carbocycles. The third-order valence-electron chi connectivity index (χ3n) is 6.13. The third kappa shape index (κ3) is 5.65. The number of esters is 1. The summed E-state index contributed by atoms with van der Waals surface area (Å²) in [6.45, 7) is 14.2. The van der Waals surface area contributed by atoms with Gasteiger partial charge < -0.3 is 14.9 Å². The van der Waals surface area contributed by atoms with E-state index in [0.29, 0.717) is 5.56 Å². The van der Waals surface area contributed by atoms with Crippen molar-refractivity contribution in [3.05, 3.63) is 47.1 Å². The number of hydrogen-bond donors (Lipinski definition) is 2. The molecule has 0 spiro atoms. The molecule has 0 heterocycles. The summed E-state index contributed by atoms with van der Waals surface area (Å²) in [6.07, 6.45) is 6.88. The molecule has 4 heteroatoms. The van der Waals surface area contributed by atoms with Gasteiger partial charge in [-0.3, -0.25) is 4.79 Å². The van der Waals surface area contributed by atoms with Gasteiger partial charge in [-0.05, 0) is 60.8 Å². The van der Waals surface area contributed by atoms with E-state index < -0.39 is 0 Å². The number of aromatic hydroxyl groups is 2. The molecule has 1 aliphatic carbocycles. The van der Waals surface area contributed by atoms with Crippen molar-refractivity contribution < 1.29 is 19.7 Å². The van der Waals surface area contributed by atoms with Crippen LogP contribution in [0.4, 0.5) is 0 Å². The Kier molecular flexibility index (Phi) is 7.56. The Balaban J connectivity index is 2.44. The van der Waals surface area contributed by atoms with E-state index in [0.717, 1.165) is 48.8 Å². The zero-order valence-electron chi connectivity index (χ0n) is 18.5. The first-order chi connectivity index (χ1) is 13.6. The second-order valence-electron chi connectivity index (χ2n) is 9.04. The Bertz CT molecular complexity index is 765. The van der Waals surface area contributed by atoms with Crippen LogP contribution in [-0.4, -0.2) is 22.8 Å². The lowest BCUT2D eigenvalue weighted by Gasteiger charge is -2.33. The van der Waals surface area contributed by atoms with Crippen LogP contribution in [0.3, 0.4) is 0 Å². The van der Waals surface area contributed by atoms with Crippen molar-refractivity contribution in [2.75, 3.05) is 6.61 Å². The molecule has 0 saturated heterocycles.